The van der Waals surface area contributed by atoms with Crippen LogP contribution in [0.1, 0.15) is 18.1 Å². The molecule has 0 heterocycles. The summed E-state index contributed by atoms with van der Waals surface area (Å²) in [5.74, 6) is -4.89. The SMILES string of the molecule is C[CH2][Al]([O]c1cccc(C(F)(F)F)c1F)[O]c1cccc(C(F)(F)F)c1F. The third-order valence-corrected chi connectivity index (χ3v) is 5.09. The van der Waals surface area contributed by atoms with E-state index >= 15 is 0 Å². The van der Waals surface area contributed by atoms with Crippen LogP contribution < -0.4 is 7.58 Å². The molecule has 0 spiro atoms. The zero-order valence-electron chi connectivity index (χ0n) is 13.6. The van der Waals surface area contributed by atoms with E-state index in [1.165, 1.54) is 6.92 Å². The summed E-state index contributed by atoms with van der Waals surface area (Å²) in [4.78, 5) is 0. The van der Waals surface area contributed by atoms with Crippen LogP contribution in [-0.2, 0) is 12.4 Å². The number of hydrogen-bond donors (Lipinski definition) is 0. The van der Waals surface area contributed by atoms with E-state index < -0.39 is 61.4 Å². The molecule has 0 unspecified atom stereocenters. The zero-order chi connectivity index (χ0) is 20.4. The molecule has 0 amide bonds. The Labute approximate surface area is 153 Å². The predicted molar refractivity (Wildman–Crippen MR) is 80.3 cm³/mol. The van der Waals surface area contributed by atoms with Gasteiger partial charge in [0.1, 0.15) is 11.5 Å². The molecule has 0 atom stereocenters. The normalized spacial score (nSPS) is 12.0. The summed E-state index contributed by atoms with van der Waals surface area (Å²) >= 11 is -3.09. The molecule has 0 aromatic heterocycles. The van der Waals surface area contributed by atoms with Crippen molar-refractivity contribution in [3.05, 3.63) is 59.2 Å². The third kappa shape index (κ3) is 5.05. The van der Waals surface area contributed by atoms with E-state index in [0.717, 1.165) is 24.3 Å². The maximum Gasteiger partial charge on any atom is 0.856 e. The maximum absolute atomic E-state index is 14.0. The number of halogens is 8. The van der Waals surface area contributed by atoms with Crippen molar-refractivity contribution >= 4 is 14.8 Å². The number of benzene rings is 2. The van der Waals surface area contributed by atoms with Crippen molar-refractivity contribution in [3.8, 4) is 11.5 Å². The molecule has 0 aliphatic heterocycles. The monoisotopic (exact) mass is 414 g/mol. The van der Waals surface area contributed by atoms with E-state index in [0.29, 0.717) is 12.1 Å². The summed E-state index contributed by atoms with van der Waals surface area (Å²) < 4.78 is 115. The van der Waals surface area contributed by atoms with Gasteiger partial charge >= 0.3 is 27.2 Å². The first-order chi connectivity index (χ1) is 12.4. The quantitative estimate of drug-likeness (QED) is 0.444. The van der Waals surface area contributed by atoms with Gasteiger partial charge in [0.25, 0.3) is 0 Å². The molecule has 0 bridgehead atoms. The van der Waals surface area contributed by atoms with Gasteiger partial charge in [-0.05, 0) is 29.5 Å². The molecule has 0 saturated heterocycles. The van der Waals surface area contributed by atoms with Crippen molar-refractivity contribution in [2.45, 2.75) is 24.6 Å². The van der Waals surface area contributed by atoms with Gasteiger partial charge in [-0.1, -0.05) is 19.1 Å². The summed E-state index contributed by atoms with van der Waals surface area (Å²) in [5.41, 5.74) is -3.12. The van der Waals surface area contributed by atoms with E-state index in [1.807, 2.05) is 0 Å². The topological polar surface area (TPSA) is 18.5 Å². The summed E-state index contributed by atoms with van der Waals surface area (Å²) in [6.07, 6.45) is -9.92. The van der Waals surface area contributed by atoms with Gasteiger partial charge in [0.2, 0.25) is 0 Å². The van der Waals surface area contributed by atoms with Crippen LogP contribution in [-0.4, -0.2) is 14.8 Å². The van der Waals surface area contributed by atoms with Crippen molar-refractivity contribution < 1.29 is 42.7 Å². The highest BCUT2D eigenvalue weighted by Gasteiger charge is 2.39. The molecule has 2 aromatic carbocycles. The highest BCUT2D eigenvalue weighted by atomic mass is 27.2. The molecular weight excluding hydrogens is 403 g/mol. The lowest BCUT2D eigenvalue weighted by Gasteiger charge is -2.19. The molecular formula is C16H11AlF8O2. The van der Waals surface area contributed by atoms with E-state index in [2.05, 4.69) is 0 Å². The summed E-state index contributed by atoms with van der Waals surface area (Å²) in [6, 6.07) is 4.69. The van der Waals surface area contributed by atoms with Gasteiger partial charge in [-0.2, -0.15) is 26.3 Å². The average Bonchev–Trinajstić information content (AvgIpc) is 2.55. The third-order valence-electron chi connectivity index (χ3n) is 3.39. The first-order valence-corrected chi connectivity index (χ1v) is 9.25. The van der Waals surface area contributed by atoms with Gasteiger partial charge < -0.3 is 7.58 Å². The van der Waals surface area contributed by atoms with E-state index in [4.69, 9.17) is 7.58 Å². The molecule has 0 aliphatic carbocycles. The van der Waals surface area contributed by atoms with E-state index in [9.17, 15) is 35.1 Å². The van der Waals surface area contributed by atoms with Crippen LogP contribution in [0.15, 0.2) is 36.4 Å². The highest BCUT2D eigenvalue weighted by molar-refractivity contribution is 6.46. The van der Waals surface area contributed by atoms with Crippen molar-refractivity contribution in [1.82, 2.24) is 0 Å². The molecule has 0 aliphatic rings. The number of hydrogen-bond acceptors (Lipinski definition) is 2. The van der Waals surface area contributed by atoms with Gasteiger partial charge in [-0.3, -0.25) is 0 Å². The minimum atomic E-state index is -4.96. The standard InChI is InChI=1S/2C7H4F4O.C2H5.Al/c2*8-6-4(7(9,10)11)2-1-3-5(6)12;1-2;/h2*1-3,12H;1H2,2H3;/q;;;+2/p-2. The maximum atomic E-state index is 14.0. The molecule has 146 valence electrons. The molecule has 2 nitrogen and oxygen atoms in total. The van der Waals surface area contributed by atoms with Crippen LogP contribution in [0.4, 0.5) is 35.1 Å². The fourth-order valence-electron chi connectivity index (χ4n) is 2.12. The smallest absolute Gasteiger partial charge is 0.610 e. The van der Waals surface area contributed by atoms with Crippen molar-refractivity contribution in [2.24, 2.45) is 0 Å². The Morgan fingerprint density at radius 3 is 1.41 bits per heavy atom. The van der Waals surface area contributed by atoms with E-state index in [-0.39, 0.29) is 5.28 Å². The first kappa shape index (κ1) is 21.3. The van der Waals surface area contributed by atoms with E-state index in [1.54, 1.807) is 0 Å². The second kappa shape index (κ2) is 7.94. The molecule has 0 radical (unpaired) electrons. The van der Waals surface area contributed by atoms with Crippen LogP contribution in [0.2, 0.25) is 5.28 Å². The Kier molecular flexibility index (Phi) is 6.27. The second-order valence-corrected chi connectivity index (χ2v) is 7.45. The van der Waals surface area contributed by atoms with Crippen LogP contribution in [0, 0.1) is 11.6 Å². The molecule has 0 N–H and O–H groups in total. The van der Waals surface area contributed by atoms with Crippen LogP contribution in [0.25, 0.3) is 0 Å². The van der Waals surface area contributed by atoms with Crippen molar-refractivity contribution in [3.63, 3.8) is 0 Å². The van der Waals surface area contributed by atoms with Crippen molar-refractivity contribution in [2.75, 3.05) is 0 Å². The van der Waals surface area contributed by atoms with Crippen LogP contribution >= 0.6 is 0 Å². The average molecular weight is 414 g/mol. The van der Waals surface area contributed by atoms with Gasteiger partial charge in [0.05, 0.1) is 11.1 Å². The molecule has 2 rings (SSSR count). The minimum Gasteiger partial charge on any atom is -0.610 e. The molecule has 0 fully saturated rings. The van der Waals surface area contributed by atoms with Gasteiger partial charge in [-0.15, -0.1) is 0 Å². The first-order valence-electron chi connectivity index (χ1n) is 7.49. The van der Waals surface area contributed by atoms with Crippen LogP contribution in [0.3, 0.4) is 0 Å². The highest BCUT2D eigenvalue weighted by Crippen LogP contribution is 2.36. The Hall–Kier alpha value is -1.99. The Balaban J connectivity index is 2.28. The lowest BCUT2D eigenvalue weighted by molar-refractivity contribution is -0.140. The van der Waals surface area contributed by atoms with Crippen molar-refractivity contribution in [1.29, 1.82) is 0 Å². The molecule has 2 aromatic rings. The number of rotatable bonds is 5. The van der Waals surface area contributed by atoms with Gasteiger partial charge in [0.15, 0.2) is 11.6 Å². The molecule has 11 heteroatoms. The molecule has 27 heavy (non-hydrogen) atoms. The fourth-order valence-corrected chi connectivity index (χ4v) is 3.43. The predicted octanol–water partition coefficient (Wildman–Crippen LogP) is 5.97. The van der Waals surface area contributed by atoms with Gasteiger partial charge in [-0.25, -0.2) is 8.78 Å². The second-order valence-electron chi connectivity index (χ2n) is 5.30. The minimum absolute atomic E-state index is 0.0192. The number of alkyl halides is 6. The lowest BCUT2D eigenvalue weighted by atomic mass is 10.2. The summed E-state index contributed by atoms with van der Waals surface area (Å²) in [6.45, 7) is 1.47. The lowest BCUT2D eigenvalue weighted by Crippen LogP contribution is -2.30. The van der Waals surface area contributed by atoms with Gasteiger partial charge in [0, 0.05) is 0 Å². The summed E-state index contributed by atoms with van der Waals surface area (Å²) in [5, 5.41) is 0.0192. The Morgan fingerprint density at radius 2 is 1.11 bits per heavy atom. The largest absolute Gasteiger partial charge is 0.856 e. The fraction of sp³-hybridized carbons (Fsp3) is 0.250. The molecule has 0 saturated carbocycles. The van der Waals surface area contributed by atoms with Crippen LogP contribution in [0.5, 0.6) is 11.5 Å². The Morgan fingerprint density at radius 1 is 0.741 bits per heavy atom. The Bertz CT molecular complexity index is 738. The zero-order valence-corrected chi connectivity index (χ0v) is 14.7. The summed E-state index contributed by atoms with van der Waals surface area (Å²) in [7, 11) is 0.